The number of aromatic nitrogens is 2. The van der Waals surface area contributed by atoms with Crippen molar-refractivity contribution in [2.75, 3.05) is 18.8 Å². The Morgan fingerprint density at radius 2 is 1.92 bits per heavy atom. The highest BCUT2D eigenvalue weighted by Crippen LogP contribution is 2.33. The van der Waals surface area contributed by atoms with Crippen LogP contribution < -0.4 is 5.73 Å². The number of amides is 1. The quantitative estimate of drug-likeness (QED) is 0.711. The second-order valence-corrected chi connectivity index (χ2v) is 9.33. The van der Waals surface area contributed by atoms with Gasteiger partial charge in [0.2, 0.25) is 5.91 Å². The highest BCUT2D eigenvalue weighted by molar-refractivity contribution is 7.92. The molecule has 2 saturated heterocycles. The number of fused-ring (bicyclic) bond motifs is 1. The van der Waals surface area contributed by atoms with Crippen molar-refractivity contribution in [2.45, 2.75) is 45.0 Å². The van der Waals surface area contributed by atoms with Crippen LogP contribution in [0.1, 0.15) is 35.1 Å². The maximum atomic E-state index is 12.5. The van der Waals surface area contributed by atoms with E-state index in [0.717, 1.165) is 5.69 Å². The Hall–Kier alpha value is -1.45. The minimum Gasteiger partial charge on any atom is -0.341 e. The van der Waals surface area contributed by atoms with Crippen LogP contribution in [0.4, 0.5) is 0 Å². The van der Waals surface area contributed by atoms with Crippen LogP contribution in [0.15, 0.2) is 0 Å². The summed E-state index contributed by atoms with van der Waals surface area (Å²) in [5.74, 6) is -0.288. The molecule has 8 nitrogen and oxygen atoms in total. The van der Waals surface area contributed by atoms with Gasteiger partial charge in [0.05, 0.1) is 22.3 Å². The largest absolute Gasteiger partial charge is 0.341 e. The van der Waals surface area contributed by atoms with Crippen molar-refractivity contribution in [2.24, 2.45) is 11.7 Å². The number of ketones is 1. The van der Waals surface area contributed by atoms with E-state index in [9.17, 15) is 18.0 Å². The third-order valence-electron chi connectivity index (χ3n) is 5.37. The van der Waals surface area contributed by atoms with E-state index in [1.807, 2.05) is 6.92 Å². The predicted molar refractivity (Wildman–Crippen MR) is 99.2 cm³/mol. The molecular formula is C16H25ClN4O4S. The van der Waals surface area contributed by atoms with Gasteiger partial charge in [0, 0.05) is 43.7 Å². The summed E-state index contributed by atoms with van der Waals surface area (Å²) in [4.78, 5) is 25.7. The second kappa shape index (κ2) is 7.28. The van der Waals surface area contributed by atoms with E-state index in [0.29, 0.717) is 24.3 Å². The number of halogens is 1. The van der Waals surface area contributed by atoms with Gasteiger partial charge in [-0.25, -0.2) is 8.42 Å². The number of nitrogens with two attached hydrogens (primary N) is 1. The molecular weight excluding hydrogens is 380 g/mol. The first-order valence-electron chi connectivity index (χ1n) is 8.41. The van der Waals surface area contributed by atoms with Crippen LogP contribution in [-0.4, -0.2) is 64.9 Å². The Balaban J connectivity index is 0.00000243. The second-order valence-electron chi connectivity index (χ2n) is 7.07. The zero-order valence-corrected chi connectivity index (χ0v) is 16.8. The number of carbonyl (C=O) groups is 2. The van der Waals surface area contributed by atoms with Crippen molar-refractivity contribution in [1.82, 2.24) is 14.7 Å². The lowest BCUT2D eigenvalue weighted by Gasteiger charge is -2.18. The van der Waals surface area contributed by atoms with Gasteiger partial charge in [-0.2, -0.15) is 5.10 Å². The summed E-state index contributed by atoms with van der Waals surface area (Å²) >= 11 is 0. The maximum absolute atomic E-state index is 12.5. The minimum absolute atomic E-state index is 0. The lowest BCUT2D eigenvalue weighted by Crippen LogP contribution is -2.36. The van der Waals surface area contributed by atoms with Crippen molar-refractivity contribution in [3.05, 3.63) is 17.0 Å². The fourth-order valence-corrected chi connectivity index (χ4v) is 6.35. The maximum Gasteiger partial charge on any atom is 0.224 e. The molecule has 2 aliphatic heterocycles. The highest BCUT2D eigenvalue weighted by atomic mass is 35.5. The number of Topliss-reactive ketones (excluding diaryl/α,β-unsaturated/α-hetero) is 1. The number of carbonyl (C=O) groups excluding carboxylic acids is 2. The van der Waals surface area contributed by atoms with E-state index in [1.54, 1.807) is 16.5 Å². The average Bonchev–Trinajstić information content (AvgIpc) is 3.11. The molecule has 2 aliphatic rings. The van der Waals surface area contributed by atoms with Crippen molar-refractivity contribution in [1.29, 1.82) is 0 Å². The fraction of sp³-hybridized carbons (Fsp3) is 0.688. The number of hydrogen-bond acceptors (Lipinski definition) is 6. The van der Waals surface area contributed by atoms with Gasteiger partial charge in [-0.3, -0.25) is 14.3 Å². The summed E-state index contributed by atoms with van der Waals surface area (Å²) in [7, 11) is -3.20. The van der Waals surface area contributed by atoms with Gasteiger partial charge >= 0.3 is 0 Å². The molecule has 0 radical (unpaired) electrons. The predicted octanol–water partition coefficient (Wildman–Crippen LogP) is 0.0971. The number of sulfone groups is 1. The normalized spacial score (nSPS) is 26.5. The number of aryl methyl sites for hydroxylation is 2. The first-order chi connectivity index (χ1) is 11.6. The molecule has 1 aromatic rings. The van der Waals surface area contributed by atoms with Gasteiger partial charge in [-0.1, -0.05) is 0 Å². The SMILES string of the molecule is CC(=O)c1c(C)nn(CCC(=O)N2C[C@H]3[C@H](N)CS(=O)(=O)[C@H]3C2)c1C.Cl. The fourth-order valence-electron chi connectivity index (χ4n) is 4.09. The van der Waals surface area contributed by atoms with E-state index < -0.39 is 15.1 Å². The Kier molecular flexibility index (Phi) is 5.84. The van der Waals surface area contributed by atoms with E-state index in [1.165, 1.54) is 6.92 Å². The Bertz CT molecular complexity index is 836. The van der Waals surface area contributed by atoms with Gasteiger partial charge in [0.15, 0.2) is 15.6 Å². The lowest BCUT2D eigenvalue weighted by molar-refractivity contribution is -0.130. The standard InChI is InChI=1S/C16H24N4O4S.ClH/c1-9-16(11(3)21)10(2)20(18-9)5-4-15(22)19-6-12-13(17)8-25(23,24)14(12)7-19;/h12-14H,4-8,17H2,1-3H3;1H/t12-,13+,14-;/m0./s1. The monoisotopic (exact) mass is 404 g/mol. The van der Waals surface area contributed by atoms with Crippen molar-refractivity contribution >= 4 is 33.9 Å². The molecule has 0 aliphatic carbocycles. The zero-order valence-electron chi connectivity index (χ0n) is 15.1. The lowest BCUT2D eigenvalue weighted by atomic mass is 10.0. The molecule has 0 aromatic carbocycles. The van der Waals surface area contributed by atoms with Gasteiger partial charge in [0.25, 0.3) is 0 Å². The first-order valence-corrected chi connectivity index (χ1v) is 10.1. The molecule has 0 saturated carbocycles. The van der Waals surface area contributed by atoms with Crippen LogP contribution in [-0.2, 0) is 21.2 Å². The smallest absolute Gasteiger partial charge is 0.224 e. The molecule has 2 N–H and O–H groups in total. The zero-order chi connectivity index (χ0) is 18.5. The van der Waals surface area contributed by atoms with Crippen molar-refractivity contribution in [3.63, 3.8) is 0 Å². The van der Waals surface area contributed by atoms with Crippen LogP contribution in [0, 0.1) is 19.8 Å². The molecule has 1 amide bonds. The molecule has 3 rings (SSSR count). The topological polar surface area (TPSA) is 115 Å². The van der Waals surface area contributed by atoms with Crippen LogP contribution in [0.25, 0.3) is 0 Å². The van der Waals surface area contributed by atoms with E-state index in [2.05, 4.69) is 5.10 Å². The minimum atomic E-state index is -3.20. The first kappa shape index (κ1) is 20.9. The molecule has 3 atom stereocenters. The molecule has 0 unspecified atom stereocenters. The third kappa shape index (κ3) is 3.52. The van der Waals surface area contributed by atoms with Crippen LogP contribution in [0.2, 0.25) is 0 Å². The summed E-state index contributed by atoms with van der Waals surface area (Å²) < 4.78 is 25.8. The summed E-state index contributed by atoms with van der Waals surface area (Å²) in [6.45, 7) is 6.08. The summed E-state index contributed by atoms with van der Waals surface area (Å²) in [6.07, 6.45) is 0.216. The Labute approximate surface area is 159 Å². The van der Waals surface area contributed by atoms with Crippen molar-refractivity contribution in [3.8, 4) is 0 Å². The number of nitrogens with zero attached hydrogens (tertiary/aromatic N) is 3. The van der Waals surface area contributed by atoms with Gasteiger partial charge in [-0.15, -0.1) is 12.4 Å². The summed E-state index contributed by atoms with van der Waals surface area (Å²) in [5, 5.41) is 3.81. The Morgan fingerprint density at radius 1 is 1.27 bits per heavy atom. The van der Waals surface area contributed by atoms with Crippen LogP contribution >= 0.6 is 12.4 Å². The molecule has 3 heterocycles. The highest BCUT2D eigenvalue weighted by Gasteiger charge is 2.51. The van der Waals surface area contributed by atoms with Gasteiger partial charge in [-0.05, 0) is 20.8 Å². The van der Waals surface area contributed by atoms with E-state index in [4.69, 9.17) is 5.73 Å². The molecule has 146 valence electrons. The van der Waals surface area contributed by atoms with E-state index in [-0.39, 0.29) is 54.8 Å². The molecule has 26 heavy (non-hydrogen) atoms. The molecule has 10 heteroatoms. The molecule has 0 spiro atoms. The van der Waals surface area contributed by atoms with Gasteiger partial charge < -0.3 is 10.6 Å². The average molecular weight is 405 g/mol. The van der Waals surface area contributed by atoms with E-state index >= 15 is 0 Å². The Morgan fingerprint density at radius 3 is 2.46 bits per heavy atom. The van der Waals surface area contributed by atoms with Crippen molar-refractivity contribution < 1.29 is 18.0 Å². The number of hydrogen-bond donors (Lipinski definition) is 1. The van der Waals surface area contributed by atoms with Crippen LogP contribution in [0.3, 0.4) is 0 Å². The molecule has 2 fully saturated rings. The summed E-state index contributed by atoms with van der Waals surface area (Å²) in [5.41, 5.74) is 7.93. The van der Waals surface area contributed by atoms with Crippen LogP contribution in [0.5, 0.6) is 0 Å². The molecule has 1 aromatic heterocycles. The third-order valence-corrected chi connectivity index (χ3v) is 7.64. The number of likely N-dealkylation sites (tertiary alicyclic amines) is 1. The number of rotatable bonds is 4. The van der Waals surface area contributed by atoms with Gasteiger partial charge in [0.1, 0.15) is 0 Å². The molecule has 0 bridgehead atoms. The summed E-state index contributed by atoms with van der Waals surface area (Å²) in [6, 6.07) is -0.387.